The molecule has 0 aromatic carbocycles. The Balaban J connectivity index is 1.97. The predicted molar refractivity (Wildman–Crippen MR) is 69.6 cm³/mol. The van der Waals surface area contributed by atoms with Crippen molar-refractivity contribution in [2.45, 2.75) is 13.1 Å². The molecule has 0 saturated heterocycles. The number of aromatic nitrogens is 4. The van der Waals surface area contributed by atoms with Crippen LogP contribution in [0.4, 0.5) is 0 Å². The van der Waals surface area contributed by atoms with Gasteiger partial charge in [0.05, 0.1) is 31.6 Å². The summed E-state index contributed by atoms with van der Waals surface area (Å²) in [4.78, 5) is 26.4. The molecule has 2 aromatic rings. The average molecular weight is 291 g/mol. The first-order chi connectivity index (χ1) is 10.1. The van der Waals surface area contributed by atoms with Crippen LogP contribution in [0.15, 0.2) is 24.7 Å². The van der Waals surface area contributed by atoms with Crippen molar-refractivity contribution in [2.75, 3.05) is 7.11 Å². The number of nitrogens with zero attached hydrogens (tertiary/aromatic N) is 4. The Hall–Kier alpha value is -2.97. The summed E-state index contributed by atoms with van der Waals surface area (Å²) in [6, 6.07) is 1.54. The molecule has 0 radical (unpaired) electrons. The van der Waals surface area contributed by atoms with Gasteiger partial charge in [0.1, 0.15) is 18.0 Å². The second kappa shape index (κ2) is 6.46. The molecule has 1 amide bonds. The van der Waals surface area contributed by atoms with Gasteiger partial charge in [0.15, 0.2) is 0 Å². The Bertz CT molecular complexity index is 655. The number of carbonyl (C=O) groups is 2. The van der Waals surface area contributed by atoms with E-state index in [1.807, 2.05) is 0 Å². The topological polar surface area (TPSA) is 119 Å². The van der Waals surface area contributed by atoms with Crippen LogP contribution in [0.3, 0.4) is 0 Å². The highest BCUT2D eigenvalue weighted by Crippen LogP contribution is 2.15. The van der Waals surface area contributed by atoms with Gasteiger partial charge in [-0.2, -0.15) is 0 Å². The number of amides is 1. The van der Waals surface area contributed by atoms with Gasteiger partial charge in [-0.25, -0.2) is 4.68 Å². The highest BCUT2D eigenvalue weighted by molar-refractivity contribution is 5.96. The Kier molecular flexibility index (Phi) is 4.44. The van der Waals surface area contributed by atoms with E-state index in [4.69, 9.17) is 9.84 Å². The third-order valence-electron chi connectivity index (χ3n) is 2.56. The van der Waals surface area contributed by atoms with Gasteiger partial charge in [0, 0.05) is 6.20 Å². The first-order valence-electron chi connectivity index (χ1n) is 5.97. The van der Waals surface area contributed by atoms with Crippen LogP contribution >= 0.6 is 0 Å². The molecule has 0 aliphatic carbocycles. The first-order valence-corrected chi connectivity index (χ1v) is 5.97. The van der Waals surface area contributed by atoms with Crippen molar-refractivity contribution in [1.82, 2.24) is 25.3 Å². The summed E-state index contributed by atoms with van der Waals surface area (Å²) in [6.07, 6.45) is 4.39. The standard InChI is InChI=1S/C12H13N5O4/c1-21-10-5-13-3-2-9(10)12(20)14-4-8-6-17(16-15-8)7-11(18)19/h2-3,5-6H,4,7H2,1H3,(H,14,20)(H,18,19). The minimum absolute atomic E-state index is 0.129. The van der Waals surface area contributed by atoms with Crippen LogP contribution in [0.1, 0.15) is 16.1 Å². The van der Waals surface area contributed by atoms with Crippen LogP contribution in [-0.4, -0.2) is 44.1 Å². The predicted octanol–water partition coefficient (Wildman–Crippen LogP) is -0.304. The number of pyridine rings is 1. The molecule has 9 heteroatoms. The van der Waals surface area contributed by atoms with Crippen LogP contribution in [0.25, 0.3) is 0 Å². The normalized spacial score (nSPS) is 10.1. The molecular weight excluding hydrogens is 278 g/mol. The van der Waals surface area contributed by atoms with Crippen molar-refractivity contribution in [2.24, 2.45) is 0 Å². The van der Waals surface area contributed by atoms with Crippen molar-refractivity contribution in [3.8, 4) is 5.75 Å². The average Bonchev–Trinajstić information content (AvgIpc) is 2.91. The molecule has 0 unspecified atom stereocenters. The van der Waals surface area contributed by atoms with Gasteiger partial charge in [-0.05, 0) is 6.07 Å². The zero-order valence-electron chi connectivity index (χ0n) is 11.2. The Labute approximate surface area is 119 Å². The number of carbonyl (C=O) groups excluding carboxylic acids is 1. The van der Waals surface area contributed by atoms with Gasteiger partial charge in [0.25, 0.3) is 5.91 Å². The van der Waals surface area contributed by atoms with Crippen molar-refractivity contribution in [3.05, 3.63) is 35.9 Å². The van der Waals surface area contributed by atoms with Crippen molar-refractivity contribution in [1.29, 1.82) is 0 Å². The van der Waals surface area contributed by atoms with Gasteiger partial charge < -0.3 is 15.2 Å². The minimum atomic E-state index is -1.02. The lowest BCUT2D eigenvalue weighted by molar-refractivity contribution is -0.137. The number of methoxy groups -OCH3 is 1. The van der Waals surface area contributed by atoms with Gasteiger partial charge in [-0.3, -0.25) is 14.6 Å². The molecule has 21 heavy (non-hydrogen) atoms. The van der Waals surface area contributed by atoms with Crippen LogP contribution in [0, 0.1) is 0 Å². The van der Waals surface area contributed by atoms with Crippen LogP contribution in [0.2, 0.25) is 0 Å². The molecule has 110 valence electrons. The molecule has 0 aliphatic heterocycles. The fraction of sp³-hybridized carbons (Fsp3) is 0.250. The second-order valence-electron chi connectivity index (χ2n) is 4.06. The fourth-order valence-corrected chi connectivity index (χ4v) is 1.63. The van der Waals surface area contributed by atoms with E-state index in [1.165, 1.54) is 36.4 Å². The van der Waals surface area contributed by atoms with Crippen LogP contribution in [0.5, 0.6) is 5.75 Å². The number of hydrogen-bond donors (Lipinski definition) is 2. The molecule has 0 bridgehead atoms. The Morgan fingerprint density at radius 1 is 1.48 bits per heavy atom. The van der Waals surface area contributed by atoms with E-state index in [1.54, 1.807) is 0 Å². The van der Waals surface area contributed by atoms with E-state index in [0.29, 0.717) is 17.0 Å². The summed E-state index contributed by atoms with van der Waals surface area (Å²) in [6.45, 7) is -0.150. The second-order valence-corrected chi connectivity index (χ2v) is 4.06. The van der Waals surface area contributed by atoms with E-state index in [9.17, 15) is 9.59 Å². The van der Waals surface area contributed by atoms with Gasteiger partial charge >= 0.3 is 5.97 Å². The molecule has 0 aliphatic rings. The lowest BCUT2D eigenvalue weighted by Crippen LogP contribution is -2.23. The number of rotatable bonds is 6. The summed E-state index contributed by atoms with van der Waals surface area (Å²) in [5.41, 5.74) is 0.808. The molecule has 2 N–H and O–H groups in total. The Morgan fingerprint density at radius 3 is 3.00 bits per heavy atom. The van der Waals surface area contributed by atoms with E-state index >= 15 is 0 Å². The minimum Gasteiger partial charge on any atom is -0.494 e. The van der Waals surface area contributed by atoms with E-state index in [2.05, 4.69) is 20.6 Å². The third-order valence-corrected chi connectivity index (χ3v) is 2.56. The summed E-state index contributed by atoms with van der Waals surface area (Å²) in [7, 11) is 1.45. The highest BCUT2D eigenvalue weighted by Gasteiger charge is 2.12. The largest absolute Gasteiger partial charge is 0.494 e. The molecule has 9 nitrogen and oxygen atoms in total. The number of nitrogens with one attached hydrogen (secondary N) is 1. The Morgan fingerprint density at radius 2 is 2.29 bits per heavy atom. The number of carboxylic acids is 1. The molecule has 2 rings (SSSR count). The van der Waals surface area contributed by atoms with Crippen LogP contribution < -0.4 is 10.1 Å². The van der Waals surface area contributed by atoms with E-state index in [0.717, 1.165) is 0 Å². The number of hydrogen-bond acceptors (Lipinski definition) is 6. The van der Waals surface area contributed by atoms with Gasteiger partial charge in [-0.1, -0.05) is 5.21 Å². The lowest BCUT2D eigenvalue weighted by atomic mass is 10.2. The van der Waals surface area contributed by atoms with Crippen molar-refractivity contribution >= 4 is 11.9 Å². The maximum atomic E-state index is 12.0. The number of ether oxygens (including phenoxy) is 1. The molecule has 0 saturated carbocycles. The molecule has 0 fully saturated rings. The number of aliphatic carboxylic acids is 1. The first kappa shape index (κ1) is 14.4. The number of carboxylic acid groups (broad SMARTS) is 1. The SMILES string of the molecule is COc1cnccc1C(=O)NCc1cn(CC(=O)O)nn1. The summed E-state index contributed by atoms with van der Waals surface area (Å²) < 4.78 is 6.22. The quantitative estimate of drug-likeness (QED) is 0.749. The maximum Gasteiger partial charge on any atom is 0.325 e. The van der Waals surface area contributed by atoms with Crippen LogP contribution in [-0.2, 0) is 17.9 Å². The van der Waals surface area contributed by atoms with Crippen molar-refractivity contribution < 1.29 is 19.4 Å². The summed E-state index contributed by atoms with van der Waals surface area (Å²) >= 11 is 0. The summed E-state index contributed by atoms with van der Waals surface area (Å²) in [5.74, 6) is -0.997. The zero-order chi connectivity index (χ0) is 15.2. The monoisotopic (exact) mass is 291 g/mol. The molecule has 0 spiro atoms. The molecule has 0 atom stereocenters. The molecular formula is C12H13N5O4. The van der Waals surface area contributed by atoms with E-state index in [-0.39, 0.29) is 19.0 Å². The smallest absolute Gasteiger partial charge is 0.325 e. The highest BCUT2D eigenvalue weighted by atomic mass is 16.5. The van der Waals surface area contributed by atoms with E-state index < -0.39 is 5.97 Å². The van der Waals surface area contributed by atoms with Gasteiger partial charge in [-0.15, -0.1) is 5.10 Å². The third kappa shape index (κ3) is 3.75. The zero-order valence-corrected chi connectivity index (χ0v) is 11.2. The van der Waals surface area contributed by atoms with Crippen molar-refractivity contribution in [3.63, 3.8) is 0 Å². The summed E-state index contributed by atoms with van der Waals surface area (Å²) in [5, 5.41) is 18.7. The maximum absolute atomic E-state index is 12.0. The fourth-order valence-electron chi connectivity index (χ4n) is 1.63. The lowest BCUT2D eigenvalue weighted by Gasteiger charge is -2.07. The molecule has 2 aromatic heterocycles. The van der Waals surface area contributed by atoms with Gasteiger partial charge in [0.2, 0.25) is 0 Å². The molecule has 2 heterocycles.